The lowest BCUT2D eigenvalue weighted by molar-refractivity contribution is -0.139. The number of hydrogen-bond acceptors (Lipinski definition) is 6. The first kappa shape index (κ1) is 15.0. The van der Waals surface area contributed by atoms with Crippen LogP contribution < -0.4 is 0 Å². The summed E-state index contributed by atoms with van der Waals surface area (Å²) in [5.41, 5.74) is 2.22. The standard InChI is InChI=1S/C16H14N2O2S2/c1-10(16(19)20-2)22-15-13-12(11-6-4-3-5-7-11)8-21-14(13)17-9-18-15/h3-10H,1-2H3/t10-/m0/s1. The van der Waals surface area contributed by atoms with Crippen molar-refractivity contribution in [2.75, 3.05) is 7.11 Å². The van der Waals surface area contributed by atoms with E-state index >= 15 is 0 Å². The summed E-state index contributed by atoms with van der Waals surface area (Å²) in [5, 5.41) is 3.58. The second-order valence-corrected chi connectivity index (χ2v) is 6.85. The van der Waals surface area contributed by atoms with Crippen LogP contribution >= 0.6 is 23.1 Å². The molecule has 0 aliphatic rings. The maximum atomic E-state index is 11.7. The maximum absolute atomic E-state index is 11.7. The van der Waals surface area contributed by atoms with Crippen molar-refractivity contribution in [3.8, 4) is 11.1 Å². The molecule has 0 spiro atoms. The Labute approximate surface area is 136 Å². The van der Waals surface area contributed by atoms with Crippen molar-refractivity contribution < 1.29 is 9.53 Å². The van der Waals surface area contributed by atoms with E-state index in [0.717, 1.165) is 26.4 Å². The fraction of sp³-hybridized carbons (Fsp3) is 0.188. The number of fused-ring (bicyclic) bond motifs is 1. The zero-order valence-electron chi connectivity index (χ0n) is 12.1. The lowest BCUT2D eigenvalue weighted by Crippen LogP contribution is -2.14. The molecule has 0 bridgehead atoms. The summed E-state index contributed by atoms with van der Waals surface area (Å²) < 4.78 is 4.79. The van der Waals surface area contributed by atoms with Gasteiger partial charge in [0.1, 0.15) is 21.4 Å². The number of benzene rings is 1. The van der Waals surface area contributed by atoms with Crippen molar-refractivity contribution in [2.45, 2.75) is 17.2 Å². The van der Waals surface area contributed by atoms with Gasteiger partial charge >= 0.3 is 5.97 Å². The quantitative estimate of drug-likeness (QED) is 0.411. The van der Waals surface area contributed by atoms with Crippen molar-refractivity contribution in [3.05, 3.63) is 42.0 Å². The first-order chi connectivity index (χ1) is 10.7. The predicted octanol–water partition coefficient (Wildman–Crippen LogP) is 4.01. The molecule has 4 nitrogen and oxygen atoms in total. The number of carbonyl (C=O) groups excluding carboxylic acids is 1. The molecule has 2 aromatic heterocycles. The first-order valence-electron chi connectivity index (χ1n) is 6.73. The van der Waals surface area contributed by atoms with Crippen LogP contribution in [-0.4, -0.2) is 28.3 Å². The van der Waals surface area contributed by atoms with E-state index in [1.54, 1.807) is 17.7 Å². The minimum absolute atomic E-state index is 0.256. The molecule has 0 amide bonds. The Morgan fingerprint density at radius 2 is 2.05 bits per heavy atom. The van der Waals surface area contributed by atoms with Gasteiger partial charge in [-0.2, -0.15) is 0 Å². The molecule has 0 radical (unpaired) electrons. The molecule has 0 fully saturated rings. The average Bonchev–Trinajstić information content (AvgIpc) is 3.00. The molecule has 0 aliphatic carbocycles. The molecular formula is C16H14N2O2S2. The van der Waals surface area contributed by atoms with Crippen LogP contribution in [0.2, 0.25) is 0 Å². The smallest absolute Gasteiger partial charge is 0.318 e. The van der Waals surface area contributed by atoms with Crippen molar-refractivity contribution >= 4 is 39.3 Å². The largest absolute Gasteiger partial charge is 0.468 e. The Kier molecular flexibility index (Phi) is 4.40. The molecule has 112 valence electrons. The number of esters is 1. The zero-order chi connectivity index (χ0) is 15.5. The van der Waals surface area contributed by atoms with Gasteiger partial charge < -0.3 is 4.74 Å². The summed E-state index contributed by atoms with van der Waals surface area (Å²) in [4.78, 5) is 21.3. The van der Waals surface area contributed by atoms with Crippen molar-refractivity contribution in [2.24, 2.45) is 0 Å². The highest BCUT2D eigenvalue weighted by molar-refractivity contribution is 8.00. The van der Waals surface area contributed by atoms with E-state index in [2.05, 4.69) is 27.5 Å². The molecule has 1 aromatic carbocycles. The number of thioether (sulfide) groups is 1. The number of methoxy groups -OCH3 is 1. The number of rotatable bonds is 4. The van der Waals surface area contributed by atoms with Gasteiger partial charge in [-0.3, -0.25) is 4.79 Å². The highest BCUT2D eigenvalue weighted by Gasteiger charge is 2.19. The molecule has 1 atom stereocenters. The van der Waals surface area contributed by atoms with E-state index in [0.29, 0.717) is 0 Å². The number of aromatic nitrogens is 2. The van der Waals surface area contributed by atoms with E-state index in [1.165, 1.54) is 18.9 Å². The van der Waals surface area contributed by atoms with Gasteiger partial charge in [-0.15, -0.1) is 11.3 Å². The number of hydrogen-bond donors (Lipinski definition) is 0. The molecular weight excluding hydrogens is 316 g/mol. The highest BCUT2D eigenvalue weighted by atomic mass is 32.2. The molecule has 22 heavy (non-hydrogen) atoms. The topological polar surface area (TPSA) is 52.1 Å². The van der Waals surface area contributed by atoms with E-state index in [1.807, 2.05) is 25.1 Å². The van der Waals surface area contributed by atoms with Gasteiger partial charge in [0.05, 0.1) is 12.5 Å². The van der Waals surface area contributed by atoms with E-state index in [9.17, 15) is 4.79 Å². The fourth-order valence-corrected chi connectivity index (χ4v) is 4.09. The minimum atomic E-state index is -0.313. The Hall–Kier alpha value is -1.92. The third-order valence-corrected chi connectivity index (χ3v) is 5.21. The summed E-state index contributed by atoms with van der Waals surface area (Å²) in [6.45, 7) is 1.82. The molecule has 3 aromatic rings. The summed E-state index contributed by atoms with van der Waals surface area (Å²) in [6.07, 6.45) is 1.54. The lowest BCUT2D eigenvalue weighted by atomic mass is 10.1. The van der Waals surface area contributed by atoms with Crippen LogP contribution in [0.25, 0.3) is 21.3 Å². The van der Waals surface area contributed by atoms with Gasteiger partial charge in [0.2, 0.25) is 0 Å². The molecule has 0 N–H and O–H groups in total. The molecule has 0 unspecified atom stereocenters. The summed E-state index contributed by atoms with van der Waals surface area (Å²) >= 11 is 2.98. The molecule has 2 heterocycles. The van der Waals surface area contributed by atoms with Gasteiger partial charge in [-0.05, 0) is 12.5 Å². The van der Waals surface area contributed by atoms with E-state index in [4.69, 9.17) is 4.74 Å². The zero-order valence-corrected chi connectivity index (χ0v) is 13.8. The normalized spacial score (nSPS) is 12.3. The molecule has 6 heteroatoms. The second kappa shape index (κ2) is 6.46. The Morgan fingerprint density at radius 1 is 1.27 bits per heavy atom. The summed E-state index contributed by atoms with van der Waals surface area (Å²) in [6, 6.07) is 10.1. The van der Waals surface area contributed by atoms with Gasteiger partial charge in [0.15, 0.2) is 0 Å². The van der Waals surface area contributed by atoms with Crippen LogP contribution in [0.5, 0.6) is 0 Å². The highest BCUT2D eigenvalue weighted by Crippen LogP contribution is 2.38. The van der Waals surface area contributed by atoms with Gasteiger partial charge in [-0.1, -0.05) is 42.1 Å². The van der Waals surface area contributed by atoms with Crippen LogP contribution in [0.15, 0.2) is 47.1 Å². The van der Waals surface area contributed by atoms with Crippen molar-refractivity contribution in [1.82, 2.24) is 9.97 Å². The van der Waals surface area contributed by atoms with E-state index < -0.39 is 0 Å². The summed E-state index contributed by atoms with van der Waals surface area (Å²) in [5.74, 6) is -0.256. The molecule has 0 saturated heterocycles. The average molecular weight is 330 g/mol. The Balaban J connectivity index is 2.08. The van der Waals surface area contributed by atoms with Crippen LogP contribution in [0, 0.1) is 0 Å². The third kappa shape index (κ3) is 2.84. The molecule has 0 aliphatic heterocycles. The SMILES string of the molecule is COC(=O)[C@H](C)Sc1ncnc2scc(-c3ccccc3)c12. The van der Waals surface area contributed by atoms with Crippen LogP contribution in [0.1, 0.15) is 6.92 Å². The Bertz CT molecular complexity index is 802. The second-order valence-electron chi connectivity index (χ2n) is 4.66. The minimum Gasteiger partial charge on any atom is -0.468 e. The fourth-order valence-electron chi connectivity index (χ4n) is 2.15. The lowest BCUT2D eigenvalue weighted by Gasteiger charge is -2.09. The first-order valence-corrected chi connectivity index (χ1v) is 8.48. The van der Waals surface area contributed by atoms with Gasteiger partial charge in [-0.25, -0.2) is 9.97 Å². The monoisotopic (exact) mass is 330 g/mol. The molecule has 0 saturated carbocycles. The maximum Gasteiger partial charge on any atom is 0.318 e. The van der Waals surface area contributed by atoms with E-state index in [-0.39, 0.29) is 11.2 Å². The number of nitrogens with zero attached hydrogens (tertiary/aromatic N) is 2. The predicted molar refractivity (Wildman–Crippen MR) is 90.2 cm³/mol. The van der Waals surface area contributed by atoms with Crippen LogP contribution in [0.4, 0.5) is 0 Å². The summed E-state index contributed by atoms with van der Waals surface area (Å²) in [7, 11) is 1.40. The van der Waals surface area contributed by atoms with Crippen LogP contribution in [-0.2, 0) is 9.53 Å². The number of thiophene rings is 1. The van der Waals surface area contributed by atoms with Crippen LogP contribution in [0.3, 0.4) is 0 Å². The van der Waals surface area contributed by atoms with Crippen molar-refractivity contribution in [1.29, 1.82) is 0 Å². The Morgan fingerprint density at radius 3 is 2.77 bits per heavy atom. The number of carbonyl (C=O) groups is 1. The molecule has 3 rings (SSSR count). The van der Waals surface area contributed by atoms with Crippen molar-refractivity contribution in [3.63, 3.8) is 0 Å². The third-order valence-electron chi connectivity index (χ3n) is 3.24. The van der Waals surface area contributed by atoms with Gasteiger partial charge in [0.25, 0.3) is 0 Å². The number of ether oxygens (including phenoxy) is 1. The van der Waals surface area contributed by atoms with Gasteiger partial charge in [0, 0.05) is 10.9 Å².